The van der Waals surface area contributed by atoms with Crippen molar-refractivity contribution in [3.63, 3.8) is 0 Å². The summed E-state index contributed by atoms with van der Waals surface area (Å²) in [6.45, 7) is 1.48. The minimum Gasteiger partial charge on any atom is -0.374 e. The fourth-order valence-corrected chi connectivity index (χ4v) is 2.45. The summed E-state index contributed by atoms with van der Waals surface area (Å²) >= 11 is 0. The number of carbonyl (C=O) groups is 1. The first-order valence-corrected chi connectivity index (χ1v) is 6.41. The van der Waals surface area contributed by atoms with E-state index >= 15 is 0 Å². The van der Waals surface area contributed by atoms with E-state index in [0.29, 0.717) is 26.2 Å². The zero-order chi connectivity index (χ0) is 13.9. The lowest BCUT2D eigenvalue weighted by Crippen LogP contribution is -2.55. The van der Waals surface area contributed by atoms with Gasteiger partial charge in [-0.25, -0.2) is 13.6 Å². The number of urea groups is 1. The van der Waals surface area contributed by atoms with E-state index in [1.807, 2.05) is 6.07 Å². The summed E-state index contributed by atoms with van der Waals surface area (Å²) in [7, 11) is 0. The van der Waals surface area contributed by atoms with E-state index in [1.165, 1.54) is 0 Å². The van der Waals surface area contributed by atoms with Crippen molar-refractivity contribution < 1.29 is 18.3 Å². The number of nitrogens with zero attached hydrogens (tertiary/aromatic N) is 2. The van der Waals surface area contributed by atoms with Gasteiger partial charge in [0.15, 0.2) is 0 Å². The number of halogens is 2. The first-order chi connectivity index (χ1) is 9.02. The highest BCUT2D eigenvalue weighted by Gasteiger charge is 2.49. The summed E-state index contributed by atoms with van der Waals surface area (Å²) in [4.78, 5) is 13.3. The molecule has 1 saturated carbocycles. The molecule has 1 N–H and O–H groups in total. The van der Waals surface area contributed by atoms with Crippen molar-refractivity contribution in [1.82, 2.24) is 10.2 Å². The highest BCUT2D eigenvalue weighted by molar-refractivity contribution is 5.74. The molecule has 0 spiro atoms. The molecular formula is C12H17F2N3O2. The quantitative estimate of drug-likeness (QED) is 0.789. The number of hydrogen-bond acceptors (Lipinski definition) is 3. The SMILES string of the molecule is N#CCCNC(=O)N1CCOC(C2CC(F)(F)C2)C1. The number of carbonyl (C=O) groups excluding carboxylic acids is 1. The minimum atomic E-state index is -2.56. The molecule has 2 aliphatic rings. The van der Waals surface area contributed by atoms with E-state index in [2.05, 4.69) is 5.32 Å². The van der Waals surface area contributed by atoms with Gasteiger partial charge in [0, 0.05) is 32.5 Å². The predicted molar refractivity (Wildman–Crippen MR) is 62.6 cm³/mol. The summed E-state index contributed by atoms with van der Waals surface area (Å²) in [5.74, 6) is -2.73. The van der Waals surface area contributed by atoms with E-state index in [0.717, 1.165) is 0 Å². The Labute approximate surface area is 110 Å². The van der Waals surface area contributed by atoms with Gasteiger partial charge in [0.05, 0.1) is 25.2 Å². The van der Waals surface area contributed by atoms with E-state index in [1.54, 1.807) is 4.90 Å². The molecule has 5 nitrogen and oxygen atoms in total. The number of rotatable bonds is 3. The number of amides is 2. The van der Waals surface area contributed by atoms with Crippen molar-refractivity contribution in [1.29, 1.82) is 5.26 Å². The molecule has 1 saturated heterocycles. The number of nitrogens with one attached hydrogen (secondary N) is 1. The molecule has 1 heterocycles. The number of hydrogen-bond donors (Lipinski definition) is 1. The summed E-state index contributed by atoms with van der Waals surface area (Å²) in [6, 6.07) is 1.68. The molecule has 0 aromatic heterocycles. The van der Waals surface area contributed by atoms with Crippen molar-refractivity contribution in [2.75, 3.05) is 26.2 Å². The molecule has 1 aliphatic carbocycles. The van der Waals surface area contributed by atoms with Gasteiger partial charge in [-0.15, -0.1) is 0 Å². The number of alkyl halides is 2. The predicted octanol–water partition coefficient (Wildman–Crippen LogP) is 1.36. The van der Waals surface area contributed by atoms with Crippen LogP contribution in [0.2, 0.25) is 0 Å². The number of ether oxygens (including phenoxy) is 1. The maximum absolute atomic E-state index is 12.8. The third-order valence-corrected chi connectivity index (χ3v) is 3.54. The fraction of sp³-hybridized carbons (Fsp3) is 0.833. The molecule has 1 aliphatic heterocycles. The maximum atomic E-state index is 12.8. The van der Waals surface area contributed by atoms with Gasteiger partial charge in [0.25, 0.3) is 0 Å². The molecule has 7 heteroatoms. The van der Waals surface area contributed by atoms with Crippen molar-refractivity contribution in [2.24, 2.45) is 5.92 Å². The van der Waals surface area contributed by atoms with Crippen molar-refractivity contribution in [2.45, 2.75) is 31.3 Å². The van der Waals surface area contributed by atoms with Gasteiger partial charge in [-0.3, -0.25) is 0 Å². The Morgan fingerprint density at radius 3 is 2.89 bits per heavy atom. The minimum absolute atomic E-state index is 0.151. The number of morpholine rings is 1. The second kappa shape index (κ2) is 5.70. The molecule has 0 aromatic carbocycles. The Morgan fingerprint density at radius 1 is 1.53 bits per heavy atom. The lowest BCUT2D eigenvalue weighted by molar-refractivity contribution is -0.164. The molecule has 2 fully saturated rings. The lowest BCUT2D eigenvalue weighted by atomic mass is 9.77. The van der Waals surface area contributed by atoms with Gasteiger partial charge < -0.3 is 15.0 Å². The average Bonchev–Trinajstić information content (AvgIpc) is 2.36. The van der Waals surface area contributed by atoms with E-state index in [9.17, 15) is 13.6 Å². The molecule has 0 bridgehead atoms. The molecule has 1 atom stereocenters. The molecule has 19 heavy (non-hydrogen) atoms. The Kier molecular flexibility index (Phi) is 4.20. The molecule has 2 rings (SSSR count). The summed E-state index contributed by atoms with van der Waals surface area (Å²) in [5, 5.41) is 11.0. The van der Waals surface area contributed by atoms with Crippen LogP contribution in [0.3, 0.4) is 0 Å². The zero-order valence-electron chi connectivity index (χ0n) is 10.6. The van der Waals surface area contributed by atoms with E-state index in [4.69, 9.17) is 10.00 Å². The maximum Gasteiger partial charge on any atom is 0.317 e. The molecule has 0 radical (unpaired) electrons. The van der Waals surface area contributed by atoms with Crippen molar-refractivity contribution in [3.05, 3.63) is 0 Å². The largest absolute Gasteiger partial charge is 0.374 e. The molecule has 106 valence electrons. The second-order valence-corrected chi connectivity index (χ2v) is 5.02. The lowest BCUT2D eigenvalue weighted by Gasteiger charge is -2.43. The first kappa shape index (κ1) is 14.0. The van der Waals surface area contributed by atoms with Crippen LogP contribution < -0.4 is 5.32 Å². The highest BCUT2D eigenvalue weighted by Crippen LogP contribution is 2.45. The molecule has 2 amide bonds. The molecular weight excluding hydrogens is 256 g/mol. The van der Waals surface area contributed by atoms with Gasteiger partial charge in [-0.1, -0.05) is 0 Å². The van der Waals surface area contributed by atoms with E-state index in [-0.39, 0.29) is 37.3 Å². The summed E-state index contributed by atoms with van der Waals surface area (Å²) < 4.78 is 31.1. The smallest absolute Gasteiger partial charge is 0.317 e. The highest BCUT2D eigenvalue weighted by atomic mass is 19.3. The topological polar surface area (TPSA) is 65.4 Å². The normalized spacial score (nSPS) is 26.4. The van der Waals surface area contributed by atoms with Gasteiger partial charge >= 0.3 is 6.03 Å². The number of nitriles is 1. The Hall–Kier alpha value is -1.42. The molecule has 1 unspecified atom stereocenters. The first-order valence-electron chi connectivity index (χ1n) is 6.41. The average molecular weight is 273 g/mol. The van der Waals surface area contributed by atoms with Gasteiger partial charge in [-0.2, -0.15) is 5.26 Å². The van der Waals surface area contributed by atoms with Crippen LogP contribution in [0.1, 0.15) is 19.3 Å². The van der Waals surface area contributed by atoms with Crippen LogP contribution in [0.25, 0.3) is 0 Å². The third-order valence-electron chi connectivity index (χ3n) is 3.54. The Bertz CT molecular complexity index is 376. The van der Waals surface area contributed by atoms with Crippen LogP contribution in [0.15, 0.2) is 0 Å². The standard InChI is InChI=1S/C12H17F2N3O2/c13-12(14)6-9(7-12)10-8-17(4-5-19-10)11(18)16-3-1-2-15/h9-10H,1,3-8H2,(H,16,18). The van der Waals surface area contributed by atoms with Crippen LogP contribution in [-0.4, -0.2) is 49.2 Å². The van der Waals surface area contributed by atoms with Crippen LogP contribution in [0, 0.1) is 17.2 Å². The zero-order valence-corrected chi connectivity index (χ0v) is 10.6. The summed E-state index contributed by atoms with van der Waals surface area (Å²) in [5.41, 5.74) is 0. The Balaban J connectivity index is 1.77. The van der Waals surface area contributed by atoms with Crippen LogP contribution in [0.5, 0.6) is 0 Å². The van der Waals surface area contributed by atoms with Crippen LogP contribution in [0.4, 0.5) is 13.6 Å². The summed E-state index contributed by atoms with van der Waals surface area (Å²) in [6.07, 6.45) is -0.340. The van der Waals surface area contributed by atoms with Gasteiger partial charge in [-0.05, 0) is 5.92 Å². The van der Waals surface area contributed by atoms with Crippen molar-refractivity contribution >= 4 is 6.03 Å². The van der Waals surface area contributed by atoms with Gasteiger partial charge in [0.2, 0.25) is 5.92 Å². The van der Waals surface area contributed by atoms with Gasteiger partial charge in [0.1, 0.15) is 0 Å². The van der Waals surface area contributed by atoms with E-state index < -0.39 is 5.92 Å². The second-order valence-electron chi connectivity index (χ2n) is 5.02. The molecule has 0 aromatic rings. The van der Waals surface area contributed by atoms with Crippen molar-refractivity contribution in [3.8, 4) is 6.07 Å². The fourth-order valence-electron chi connectivity index (χ4n) is 2.45. The van der Waals surface area contributed by atoms with Crippen LogP contribution >= 0.6 is 0 Å². The third kappa shape index (κ3) is 3.53. The van der Waals surface area contributed by atoms with Crippen LogP contribution in [-0.2, 0) is 4.74 Å². The Morgan fingerprint density at radius 2 is 2.26 bits per heavy atom. The monoisotopic (exact) mass is 273 g/mol.